The maximum absolute atomic E-state index is 14.1. The van der Waals surface area contributed by atoms with Crippen molar-refractivity contribution in [3.8, 4) is 17.2 Å². The molecule has 1 amide bonds. The van der Waals surface area contributed by atoms with Gasteiger partial charge in [-0.15, -0.1) is 0 Å². The van der Waals surface area contributed by atoms with Crippen molar-refractivity contribution in [1.82, 2.24) is 0 Å². The van der Waals surface area contributed by atoms with Crippen LogP contribution in [0.2, 0.25) is 0 Å². The molecular weight excluding hydrogens is 404 g/mol. The average molecular weight is 425 g/mol. The molecule has 0 N–H and O–H groups in total. The van der Waals surface area contributed by atoms with Gasteiger partial charge in [-0.05, 0) is 30.2 Å². The summed E-state index contributed by atoms with van der Waals surface area (Å²) in [6.45, 7) is 0.546. The van der Waals surface area contributed by atoms with E-state index in [0.29, 0.717) is 35.8 Å². The van der Waals surface area contributed by atoms with Gasteiger partial charge >= 0.3 is 0 Å². The van der Waals surface area contributed by atoms with Gasteiger partial charge in [0, 0.05) is 23.7 Å². The van der Waals surface area contributed by atoms with Crippen molar-refractivity contribution in [1.29, 1.82) is 0 Å². The van der Waals surface area contributed by atoms with Gasteiger partial charge in [0.2, 0.25) is 5.75 Å². The summed E-state index contributed by atoms with van der Waals surface area (Å²) in [5.41, 5.74) is 1.80. The number of rotatable bonds is 6. The number of hydrogen-bond acceptors (Lipinski definition) is 4. The van der Waals surface area contributed by atoms with Crippen LogP contribution in [0.5, 0.6) is 17.2 Å². The number of fused-ring (bicyclic) bond motifs is 1. The van der Waals surface area contributed by atoms with Crippen molar-refractivity contribution in [2.45, 2.75) is 13.0 Å². The van der Waals surface area contributed by atoms with Crippen LogP contribution in [0.3, 0.4) is 0 Å². The van der Waals surface area contributed by atoms with Crippen LogP contribution in [-0.4, -0.2) is 26.7 Å². The SMILES string of the molecule is COc1cc(C(=O)N2CCc3c(F)cc(F)cc32)cc(OC)c1OCc1ccccc1. The van der Waals surface area contributed by atoms with Gasteiger partial charge in [0.25, 0.3) is 5.91 Å². The van der Waals surface area contributed by atoms with E-state index in [1.54, 1.807) is 12.1 Å². The fourth-order valence-electron chi connectivity index (χ4n) is 3.66. The summed E-state index contributed by atoms with van der Waals surface area (Å²) in [5, 5.41) is 0. The molecule has 0 saturated carbocycles. The maximum atomic E-state index is 14.1. The van der Waals surface area contributed by atoms with Crippen molar-refractivity contribution in [3.05, 3.63) is 82.9 Å². The molecule has 7 heteroatoms. The number of benzene rings is 3. The second-order valence-electron chi connectivity index (χ2n) is 7.08. The fraction of sp³-hybridized carbons (Fsp3) is 0.208. The van der Waals surface area contributed by atoms with E-state index in [9.17, 15) is 13.6 Å². The molecule has 1 aliphatic heterocycles. The number of methoxy groups -OCH3 is 2. The zero-order chi connectivity index (χ0) is 22.0. The van der Waals surface area contributed by atoms with Crippen LogP contribution in [0.25, 0.3) is 0 Å². The molecule has 0 spiro atoms. The van der Waals surface area contributed by atoms with Gasteiger partial charge in [0.1, 0.15) is 18.2 Å². The number of carbonyl (C=O) groups is 1. The summed E-state index contributed by atoms with van der Waals surface area (Å²) in [4.78, 5) is 14.5. The standard InChI is InChI=1S/C24H21F2NO4/c1-29-21-10-16(11-22(30-2)23(21)31-14-15-6-4-3-5-7-15)24(28)27-9-8-18-19(26)12-17(25)13-20(18)27/h3-7,10-13H,8-9,14H2,1-2H3. The summed E-state index contributed by atoms with van der Waals surface area (Å²) < 4.78 is 44.6. The summed E-state index contributed by atoms with van der Waals surface area (Å²) >= 11 is 0. The Hall–Kier alpha value is -3.61. The predicted molar refractivity (Wildman–Crippen MR) is 112 cm³/mol. The number of halogens is 2. The van der Waals surface area contributed by atoms with E-state index in [1.165, 1.54) is 25.2 Å². The highest BCUT2D eigenvalue weighted by molar-refractivity contribution is 6.08. The van der Waals surface area contributed by atoms with Crippen LogP contribution in [-0.2, 0) is 13.0 Å². The van der Waals surface area contributed by atoms with Crippen LogP contribution < -0.4 is 19.1 Å². The fourth-order valence-corrected chi connectivity index (χ4v) is 3.66. The Morgan fingerprint density at radius 1 is 1.00 bits per heavy atom. The molecule has 0 unspecified atom stereocenters. The van der Waals surface area contributed by atoms with Crippen molar-refractivity contribution < 1.29 is 27.8 Å². The highest BCUT2D eigenvalue weighted by atomic mass is 19.1. The molecule has 0 aliphatic carbocycles. The average Bonchev–Trinajstić information content (AvgIpc) is 3.21. The highest BCUT2D eigenvalue weighted by Crippen LogP contribution is 2.40. The Kier molecular flexibility index (Phi) is 5.75. The minimum Gasteiger partial charge on any atom is -0.493 e. The summed E-state index contributed by atoms with van der Waals surface area (Å²) in [6, 6.07) is 14.7. The van der Waals surface area contributed by atoms with Crippen molar-refractivity contribution in [3.63, 3.8) is 0 Å². The van der Waals surface area contributed by atoms with Gasteiger partial charge in [-0.1, -0.05) is 30.3 Å². The molecule has 31 heavy (non-hydrogen) atoms. The maximum Gasteiger partial charge on any atom is 0.258 e. The second kappa shape index (κ2) is 8.63. The van der Waals surface area contributed by atoms with E-state index in [2.05, 4.69) is 0 Å². The second-order valence-corrected chi connectivity index (χ2v) is 7.08. The molecule has 3 aromatic carbocycles. The first-order chi connectivity index (χ1) is 15.0. The van der Waals surface area contributed by atoms with E-state index in [4.69, 9.17) is 14.2 Å². The van der Waals surface area contributed by atoms with Gasteiger partial charge in [-0.2, -0.15) is 0 Å². The summed E-state index contributed by atoms with van der Waals surface area (Å²) in [5.74, 6) is -0.771. The molecule has 0 atom stereocenters. The molecule has 0 saturated heterocycles. The summed E-state index contributed by atoms with van der Waals surface area (Å²) in [7, 11) is 2.93. The lowest BCUT2D eigenvalue weighted by molar-refractivity contribution is 0.0988. The van der Waals surface area contributed by atoms with E-state index in [0.717, 1.165) is 11.6 Å². The Labute approximate surface area is 178 Å². The normalized spacial score (nSPS) is 12.5. The van der Waals surface area contributed by atoms with Crippen LogP contribution in [0.1, 0.15) is 21.5 Å². The molecule has 0 radical (unpaired) electrons. The molecule has 0 bridgehead atoms. The van der Waals surface area contributed by atoms with Crippen LogP contribution >= 0.6 is 0 Å². The smallest absolute Gasteiger partial charge is 0.258 e. The Morgan fingerprint density at radius 3 is 2.32 bits per heavy atom. The van der Waals surface area contributed by atoms with E-state index >= 15 is 0 Å². The molecule has 4 rings (SSSR count). The lowest BCUT2D eigenvalue weighted by Gasteiger charge is -2.20. The zero-order valence-electron chi connectivity index (χ0n) is 17.2. The van der Waals surface area contributed by atoms with Crippen molar-refractivity contribution >= 4 is 11.6 Å². The van der Waals surface area contributed by atoms with Crippen LogP contribution in [0.15, 0.2) is 54.6 Å². The summed E-state index contributed by atoms with van der Waals surface area (Å²) in [6.07, 6.45) is 0.319. The van der Waals surface area contributed by atoms with Crippen LogP contribution in [0, 0.1) is 11.6 Å². The Balaban J connectivity index is 1.65. The predicted octanol–water partition coefficient (Wildman–Crippen LogP) is 4.76. The Morgan fingerprint density at radius 2 is 1.68 bits per heavy atom. The monoisotopic (exact) mass is 425 g/mol. The molecule has 160 valence electrons. The third-order valence-corrected chi connectivity index (χ3v) is 5.19. The molecule has 1 aliphatic rings. The molecular formula is C24H21F2NO4. The minimum absolute atomic E-state index is 0.241. The van der Waals surface area contributed by atoms with Crippen molar-refractivity contribution in [2.24, 2.45) is 0 Å². The first-order valence-electron chi connectivity index (χ1n) is 9.74. The third-order valence-electron chi connectivity index (χ3n) is 5.19. The molecule has 1 heterocycles. The lowest BCUT2D eigenvalue weighted by atomic mass is 10.1. The largest absolute Gasteiger partial charge is 0.493 e. The van der Waals surface area contributed by atoms with Gasteiger partial charge < -0.3 is 19.1 Å². The molecule has 0 fully saturated rings. The minimum atomic E-state index is -0.726. The third kappa shape index (κ3) is 4.03. The number of hydrogen-bond donors (Lipinski definition) is 0. The topological polar surface area (TPSA) is 48.0 Å². The van der Waals surface area contributed by atoms with Gasteiger partial charge in [-0.3, -0.25) is 4.79 Å². The Bertz CT molecular complexity index is 1090. The highest BCUT2D eigenvalue weighted by Gasteiger charge is 2.30. The lowest BCUT2D eigenvalue weighted by Crippen LogP contribution is -2.29. The van der Waals surface area contributed by atoms with Gasteiger partial charge in [-0.25, -0.2) is 8.78 Å². The molecule has 3 aromatic rings. The van der Waals surface area contributed by atoms with E-state index in [-0.39, 0.29) is 17.8 Å². The van der Waals surface area contributed by atoms with Crippen molar-refractivity contribution in [2.75, 3.05) is 25.7 Å². The zero-order valence-corrected chi connectivity index (χ0v) is 17.2. The number of ether oxygens (including phenoxy) is 3. The van der Waals surface area contributed by atoms with Crippen LogP contribution in [0.4, 0.5) is 14.5 Å². The van der Waals surface area contributed by atoms with E-state index < -0.39 is 17.5 Å². The molecule has 0 aromatic heterocycles. The number of carbonyl (C=O) groups excluding carboxylic acids is 1. The molecule has 5 nitrogen and oxygen atoms in total. The van der Waals surface area contributed by atoms with Gasteiger partial charge in [0.15, 0.2) is 11.5 Å². The number of anilines is 1. The quantitative estimate of drug-likeness (QED) is 0.571. The first-order valence-corrected chi connectivity index (χ1v) is 9.74. The number of nitrogens with zero attached hydrogens (tertiary/aromatic N) is 1. The first kappa shape index (κ1) is 20.7. The van der Waals surface area contributed by atoms with E-state index in [1.807, 2.05) is 30.3 Å². The van der Waals surface area contributed by atoms with Gasteiger partial charge in [0.05, 0.1) is 19.9 Å². The number of amides is 1.